The molecule has 220 valence electrons. The number of hydrogen-bond acceptors (Lipinski definition) is 11. The van der Waals surface area contributed by atoms with E-state index in [0.29, 0.717) is 42.0 Å². The number of thiazole rings is 1. The van der Waals surface area contributed by atoms with Crippen LogP contribution in [0.1, 0.15) is 23.1 Å². The van der Waals surface area contributed by atoms with Gasteiger partial charge in [-0.2, -0.15) is 15.0 Å². The topological polar surface area (TPSA) is 121 Å². The molecule has 6 heterocycles. The van der Waals surface area contributed by atoms with E-state index in [1.165, 1.54) is 11.3 Å². The molecule has 3 aliphatic rings. The highest BCUT2D eigenvalue weighted by Gasteiger charge is 2.42. The number of nitriles is 2. The van der Waals surface area contributed by atoms with Crippen molar-refractivity contribution in [1.29, 1.82) is 10.5 Å². The maximum absolute atomic E-state index is 12.6. The molecule has 13 heteroatoms. The van der Waals surface area contributed by atoms with Crippen LogP contribution in [-0.2, 0) is 11.2 Å². The Morgan fingerprint density at radius 2 is 1.77 bits per heavy atom. The lowest BCUT2D eigenvalue weighted by Crippen LogP contribution is -2.52. The molecule has 0 saturated carbocycles. The van der Waals surface area contributed by atoms with Gasteiger partial charge in [-0.3, -0.25) is 9.69 Å². The first-order valence-corrected chi connectivity index (χ1v) is 16.2. The van der Waals surface area contributed by atoms with Crippen LogP contribution < -0.4 is 9.80 Å². The van der Waals surface area contributed by atoms with Gasteiger partial charge in [-0.15, -0.1) is 5.10 Å². The number of anilines is 3. The van der Waals surface area contributed by atoms with E-state index in [0.717, 1.165) is 70.5 Å². The molecule has 3 aromatic heterocycles. The van der Waals surface area contributed by atoms with Crippen molar-refractivity contribution in [2.45, 2.75) is 20.3 Å². The lowest BCUT2D eigenvalue weighted by molar-refractivity contribution is -0.137. The van der Waals surface area contributed by atoms with Gasteiger partial charge in [-0.05, 0) is 25.2 Å². The summed E-state index contributed by atoms with van der Waals surface area (Å²) in [4.78, 5) is 32.3. The first-order chi connectivity index (χ1) is 20.8. The summed E-state index contributed by atoms with van der Waals surface area (Å²) in [7, 11) is 1.97. The molecule has 3 fully saturated rings. The van der Waals surface area contributed by atoms with E-state index in [4.69, 9.17) is 20.3 Å². The molecule has 0 bridgehead atoms. The van der Waals surface area contributed by atoms with Gasteiger partial charge in [-0.25, -0.2) is 9.97 Å². The summed E-state index contributed by atoms with van der Waals surface area (Å²) in [6.45, 7) is 9.37. The lowest BCUT2D eigenvalue weighted by atomic mass is 10.0. The van der Waals surface area contributed by atoms with Gasteiger partial charge >= 0.3 is 0 Å². The fourth-order valence-electron chi connectivity index (χ4n) is 6.43. The molecule has 0 N–H and O–H groups in total. The monoisotopic (exact) mass is 612 g/mol. The number of imidazole rings is 1. The van der Waals surface area contributed by atoms with Crippen molar-refractivity contribution in [2.24, 2.45) is 17.8 Å². The number of amides is 1. The number of hydrogen-bond donors (Lipinski definition) is 0. The molecule has 0 aliphatic carbocycles. The highest BCUT2D eigenvalue weighted by molar-refractivity contribution is 7.20. The number of nitrogens with zero attached hydrogens (tertiary/aromatic N) is 10. The van der Waals surface area contributed by atoms with Crippen LogP contribution in [-0.4, -0.2) is 88.2 Å². The fourth-order valence-corrected chi connectivity index (χ4v) is 8.21. The maximum Gasteiger partial charge on any atom is 0.236 e. The van der Waals surface area contributed by atoms with Crippen molar-refractivity contribution in [1.82, 2.24) is 29.4 Å². The normalized spacial score (nSPS) is 20.3. The second-order valence-corrected chi connectivity index (χ2v) is 13.7. The SMILES string of the molecule is CCc1nc2sc(N3CC4CN(CC(=O)N5CC(C#N)C5)CC4C3)nn2c1N(C)c1nc(-c2ccc(C)cc2)c(C#N)s1. The molecular weight excluding hydrogens is 581 g/mol. The first-order valence-electron chi connectivity index (χ1n) is 14.6. The zero-order valence-electron chi connectivity index (χ0n) is 24.4. The van der Waals surface area contributed by atoms with E-state index in [1.54, 1.807) is 16.2 Å². The molecule has 2 unspecified atom stereocenters. The first kappa shape index (κ1) is 27.8. The minimum absolute atomic E-state index is 0.00344. The van der Waals surface area contributed by atoms with Crippen molar-refractivity contribution in [3.8, 4) is 23.4 Å². The number of aromatic nitrogens is 4. The number of benzene rings is 1. The summed E-state index contributed by atoms with van der Waals surface area (Å²) >= 11 is 2.99. The summed E-state index contributed by atoms with van der Waals surface area (Å²) in [5, 5.41) is 25.6. The van der Waals surface area contributed by atoms with E-state index in [-0.39, 0.29) is 11.8 Å². The zero-order valence-corrected chi connectivity index (χ0v) is 26.0. The maximum atomic E-state index is 12.6. The third-order valence-electron chi connectivity index (χ3n) is 8.83. The number of fused-ring (bicyclic) bond motifs is 2. The summed E-state index contributed by atoms with van der Waals surface area (Å²) < 4.78 is 1.93. The minimum Gasteiger partial charge on any atom is -0.346 e. The van der Waals surface area contributed by atoms with Crippen LogP contribution in [0.25, 0.3) is 16.2 Å². The Kier molecular flexibility index (Phi) is 7.04. The molecule has 3 aliphatic heterocycles. The zero-order chi connectivity index (χ0) is 29.8. The predicted octanol–water partition coefficient (Wildman–Crippen LogP) is 3.77. The highest BCUT2D eigenvalue weighted by Crippen LogP contribution is 2.40. The standard InChI is InChI=1S/C30H32N10OS2/c1-4-23-27(36(3)28-34-26(24(10-32)42-28)20-7-5-18(2)6-8-20)40-29(33-23)43-30(35-40)39-15-21-13-37(14-22(21)16-39)17-25(41)38-11-19(9-31)12-38/h5-8,19,21-22H,4,11-17H2,1-3H3. The molecule has 3 saturated heterocycles. The predicted molar refractivity (Wildman–Crippen MR) is 167 cm³/mol. The van der Waals surface area contributed by atoms with Gasteiger partial charge < -0.3 is 14.7 Å². The van der Waals surface area contributed by atoms with E-state index in [2.05, 4.69) is 28.9 Å². The van der Waals surface area contributed by atoms with Crippen LogP contribution >= 0.6 is 22.7 Å². The molecule has 43 heavy (non-hydrogen) atoms. The Bertz CT molecular complexity index is 1760. The largest absolute Gasteiger partial charge is 0.346 e. The Labute approximate surface area is 258 Å². The highest BCUT2D eigenvalue weighted by atomic mass is 32.1. The molecule has 2 atom stereocenters. The Morgan fingerprint density at radius 3 is 2.42 bits per heavy atom. The Hall–Kier alpha value is -4.04. The molecule has 11 nitrogen and oxygen atoms in total. The number of carbonyl (C=O) groups is 1. The van der Waals surface area contributed by atoms with Gasteiger partial charge in [0.25, 0.3) is 0 Å². The number of aryl methyl sites for hydroxylation is 2. The molecule has 1 aromatic carbocycles. The van der Waals surface area contributed by atoms with Crippen LogP contribution in [0, 0.1) is 47.3 Å². The third-order valence-corrected chi connectivity index (χ3v) is 10.8. The van der Waals surface area contributed by atoms with Gasteiger partial charge in [0.05, 0.1) is 24.2 Å². The van der Waals surface area contributed by atoms with Crippen molar-refractivity contribution in [3.63, 3.8) is 0 Å². The lowest BCUT2D eigenvalue weighted by Gasteiger charge is -2.36. The summed E-state index contributed by atoms with van der Waals surface area (Å²) in [6, 6.07) is 12.7. The quantitative estimate of drug-likeness (QED) is 0.307. The fraction of sp³-hybridized carbons (Fsp3) is 0.467. The van der Waals surface area contributed by atoms with Crippen LogP contribution in [0.3, 0.4) is 0 Å². The average molecular weight is 613 g/mol. The molecule has 0 radical (unpaired) electrons. The second kappa shape index (κ2) is 10.9. The average Bonchev–Trinajstić information content (AvgIpc) is 3.77. The van der Waals surface area contributed by atoms with Crippen molar-refractivity contribution >= 4 is 49.6 Å². The van der Waals surface area contributed by atoms with Gasteiger partial charge in [0, 0.05) is 51.9 Å². The number of likely N-dealkylation sites (tertiary alicyclic amines) is 2. The van der Waals surface area contributed by atoms with Gasteiger partial charge in [-0.1, -0.05) is 59.4 Å². The smallest absolute Gasteiger partial charge is 0.236 e. The van der Waals surface area contributed by atoms with Gasteiger partial charge in [0.2, 0.25) is 16.0 Å². The van der Waals surface area contributed by atoms with Crippen molar-refractivity contribution in [2.75, 3.05) is 62.7 Å². The number of rotatable bonds is 7. The van der Waals surface area contributed by atoms with Crippen molar-refractivity contribution in [3.05, 3.63) is 40.4 Å². The van der Waals surface area contributed by atoms with E-state index >= 15 is 0 Å². The van der Waals surface area contributed by atoms with Crippen molar-refractivity contribution < 1.29 is 4.79 Å². The molecule has 4 aromatic rings. The minimum atomic E-state index is -0.00344. The Balaban J connectivity index is 1.07. The molecule has 7 rings (SSSR count). The summed E-state index contributed by atoms with van der Waals surface area (Å²) in [5.74, 6) is 2.01. The second-order valence-electron chi connectivity index (χ2n) is 11.8. The molecular formula is C30H32N10OS2. The van der Waals surface area contributed by atoms with E-state index in [1.807, 2.05) is 47.7 Å². The van der Waals surface area contributed by atoms with Gasteiger partial charge in [0.15, 0.2) is 10.9 Å². The summed E-state index contributed by atoms with van der Waals surface area (Å²) in [5.41, 5.74) is 3.73. The molecule has 1 amide bonds. The summed E-state index contributed by atoms with van der Waals surface area (Å²) in [6.07, 6.45) is 0.753. The Morgan fingerprint density at radius 1 is 1.05 bits per heavy atom. The van der Waals surface area contributed by atoms with Crippen LogP contribution in [0.4, 0.5) is 16.1 Å². The van der Waals surface area contributed by atoms with Gasteiger partial charge in [0.1, 0.15) is 16.6 Å². The molecule has 0 spiro atoms. The third kappa shape index (κ3) is 4.91. The van der Waals surface area contributed by atoms with Crippen LogP contribution in [0.2, 0.25) is 0 Å². The van der Waals surface area contributed by atoms with Crippen LogP contribution in [0.15, 0.2) is 24.3 Å². The number of carbonyl (C=O) groups excluding carboxylic acids is 1. The van der Waals surface area contributed by atoms with Crippen LogP contribution in [0.5, 0.6) is 0 Å². The van der Waals surface area contributed by atoms with E-state index in [9.17, 15) is 10.1 Å². The van der Waals surface area contributed by atoms with E-state index < -0.39 is 0 Å².